The molecule has 4 heterocycles. The summed E-state index contributed by atoms with van der Waals surface area (Å²) in [4.78, 5) is 53.7. The summed E-state index contributed by atoms with van der Waals surface area (Å²) in [6, 6.07) is 5.76. The lowest BCUT2D eigenvalue weighted by atomic mass is 9.90. The van der Waals surface area contributed by atoms with Crippen LogP contribution >= 0.6 is 0 Å². The number of ether oxygens (including phenoxy) is 1. The second-order valence-corrected chi connectivity index (χ2v) is 9.78. The van der Waals surface area contributed by atoms with Crippen LogP contribution in [0.4, 0.5) is 39.5 Å². The minimum atomic E-state index is -5.08. The molecule has 3 aliphatic heterocycles. The molecule has 1 amide bonds. The van der Waals surface area contributed by atoms with Crippen molar-refractivity contribution in [2.75, 3.05) is 46.4 Å². The smallest absolute Gasteiger partial charge is 0.475 e. The van der Waals surface area contributed by atoms with Gasteiger partial charge in [-0.2, -0.15) is 39.5 Å². The number of likely N-dealkylation sites (tertiary alicyclic amines) is 1. The topological polar surface area (TPSA) is 170 Å². The summed E-state index contributed by atoms with van der Waals surface area (Å²) in [5.41, 5.74) is 0.931. The Morgan fingerprint density at radius 1 is 0.870 bits per heavy atom. The maximum absolute atomic E-state index is 12.6. The summed E-state index contributed by atoms with van der Waals surface area (Å²) in [6.45, 7) is 5.15. The third-order valence-corrected chi connectivity index (χ3v) is 6.01. The van der Waals surface area contributed by atoms with Crippen LogP contribution in [0.1, 0.15) is 18.5 Å². The van der Waals surface area contributed by atoms with Gasteiger partial charge in [-0.25, -0.2) is 19.4 Å². The number of carboxylic acids is 3. The number of nitrogens with zero attached hydrogens (tertiary/aromatic N) is 4. The molecule has 262 valence electrons. The van der Waals surface area contributed by atoms with E-state index in [1.165, 1.54) is 5.06 Å². The number of alkyl halides is 9. The van der Waals surface area contributed by atoms with Crippen LogP contribution in [0.5, 0.6) is 0 Å². The summed E-state index contributed by atoms with van der Waals surface area (Å²) in [6.07, 6.45) is -11.4. The SMILES string of the molecule is CN1CC2(CN(Cc3ccccn3)C2)OCC1C(=O)N1CCCCO1.O=C(O)C(F)(F)F.O=C(O)C(F)(F)F.O=C(O)C(F)(F)F. The molecule has 1 spiro atoms. The molecule has 0 bridgehead atoms. The normalized spacial score (nSPS) is 20.0. The Balaban J connectivity index is 0.000000413. The zero-order valence-electron chi connectivity index (χ0n) is 23.7. The van der Waals surface area contributed by atoms with E-state index in [1.54, 1.807) is 0 Å². The fourth-order valence-electron chi connectivity index (χ4n) is 3.98. The van der Waals surface area contributed by atoms with Gasteiger partial charge < -0.3 is 20.1 Å². The van der Waals surface area contributed by atoms with Crippen molar-refractivity contribution >= 4 is 23.8 Å². The molecule has 3 fully saturated rings. The van der Waals surface area contributed by atoms with Crippen LogP contribution in [0.3, 0.4) is 0 Å². The molecular weight excluding hydrogens is 659 g/mol. The first-order valence-corrected chi connectivity index (χ1v) is 12.8. The largest absolute Gasteiger partial charge is 0.490 e. The number of carbonyl (C=O) groups excluding carboxylic acids is 1. The third-order valence-electron chi connectivity index (χ3n) is 6.01. The number of hydrogen-bond donors (Lipinski definition) is 3. The highest BCUT2D eigenvalue weighted by Crippen LogP contribution is 2.32. The molecule has 0 radical (unpaired) electrons. The molecule has 4 rings (SSSR count). The quantitative estimate of drug-likeness (QED) is 0.397. The zero-order valence-corrected chi connectivity index (χ0v) is 23.7. The number of pyridine rings is 1. The van der Waals surface area contributed by atoms with Crippen molar-refractivity contribution in [3.63, 3.8) is 0 Å². The number of likely N-dealkylation sites (N-methyl/N-ethyl adjacent to an activating group) is 1. The van der Waals surface area contributed by atoms with E-state index in [2.05, 4.69) is 14.8 Å². The lowest BCUT2D eigenvalue weighted by molar-refractivity contribution is -0.224. The Labute approximate surface area is 254 Å². The van der Waals surface area contributed by atoms with Crippen LogP contribution in [0.25, 0.3) is 0 Å². The molecule has 1 aromatic rings. The number of amides is 1. The van der Waals surface area contributed by atoms with Crippen LogP contribution in [0.2, 0.25) is 0 Å². The molecule has 0 aromatic carbocycles. The zero-order chi connectivity index (χ0) is 35.5. The van der Waals surface area contributed by atoms with Crippen molar-refractivity contribution in [1.82, 2.24) is 19.8 Å². The van der Waals surface area contributed by atoms with Crippen LogP contribution in [0.15, 0.2) is 24.4 Å². The maximum Gasteiger partial charge on any atom is 0.490 e. The Bertz CT molecular complexity index is 1100. The summed E-state index contributed by atoms with van der Waals surface area (Å²) in [5.74, 6) is -8.24. The maximum atomic E-state index is 12.6. The van der Waals surface area contributed by atoms with Crippen molar-refractivity contribution in [2.24, 2.45) is 0 Å². The third kappa shape index (κ3) is 13.7. The van der Waals surface area contributed by atoms with E-state index in [1.807, 2.05) is 31.4 Å². The van der Waals surface area contributed by atoms with Crippen molar-refractivity contribution in [3.8, 4) is 0 Å². The van der Waals surface area contributed by atoms with Crippen molar-refractivity contribution in [3.05, 3.63) is 30.1 Å². The second kappa shape index (κ2) is 16.7. The van der Waals surface area contributed by atoms with Gasteiger partial charge in [-0.1, -0.05) is 6.07 Å². The number of aromatic nitrogens is 1. The fraction of sp³-hybridized carbons (Fsp3) is 0.625. The first kappa shape index (κ1) is 40.3. The molecule has 1 unspecified atom stereocenters. The van der Waals surface area contributed by atoms with E-state index in [4.69, 9.17) is 39.3 Å². The Kier molecular flexibility index (Phi) is 14.6. The minimum absolute atomic E-state index is 0.0294. The summed E-state index contributed by atoms with van der Waals surface area (Å²) in [7, 11) is 2.01. The van der Waals surface area contributed by atoms with E-state index < -0.39 is 36.4 Å². The first-order chi connectivity index (χ1) is 21.0. The van der Waals surface area contributed by atoms with Gasteiger partial charge in [-0.3, -0.25) is 24.4 Å². The molecule has 22 heteroatoms. The van der Waals surface area contributed by atoms with E-state index in [0.717, 1.165) is 44.7 Å². The Morgan fingerprint density at radius 3 is 1.74 bits per heavy atom. The highest BCUT2D eigenvalue weighted by atomic mass is 19.4. The number of carbonyl (C=O) groups is 4. The van der Waals surface area contributed by atoms with Gasteiger partial charge in [-0.15, -0.1) is 0 Å². The van der Waals surface area contributed by atoms with Gasteiger partial charge in [0.2, 0.25) is 0 Å². The Hall–Kier alpha value is -3.76. The number of carboxylic acid groups (broad SMARTS) is 3. The number of halogens is 9. The average Bonchev–Trinajstić information content (AvgIpc) is 2.92. The van der Waals surface area contributed by atoms with E-state index in [0.29, 0.717) is 19.8 Å². The molecule has 0 saturated carbocycles. The molecule has 13 nitrogen and oxygen atoms in total. The molecule has 46 heavy (non-hydrogen) atoms. The van der Waals surface area contributed by atoms with E-state index >= 15 is 0 Å². The van der Waals surface area contributed by atoms with Gasteiger partial charge in [0, 0.05) is 38.9 Å². The molecule has 1 atom stereocenters. The van der Waals surface area contributed by atoms with Gasteiger partial charge >= 0.3 is 36.4 Å². The standard InChI is InChI=1S/C18H26N4O3.3C2HF3O2/c1-20-12-18(13-21(14-18)10-15-6-2-3-7-19-15)24-11-16(20)17(23)22-8-4-5-9-25-22;3*3-2(4,5)1(6)7/h2-3,6-7,16H,4-5,8-14H2,1H3;3*(H,6,7). The van der Waals surface area contributed by atoms with E-state index in [-0.39, 0.29) is 17.6 Å². The summed E-state index contributed by atoms with van der Waals surface area (Å²) < 4.78 is 101. The van der Waals surface area contributed by atoms with Crippen LogP contribution in [-0.2, 0) is 35.3 Å². The number of morpholine rings is 1. The van der Waals surface area contributed by atoms with Crippen LogP contribution < -0.4 is 0 Å². The highest BCUT2D eigenvalue weighted by molar-refractivity contribution is 5.81. The molecule has 3 N–H and O–H groups in total. The van der Waals surface area contributed by atoms with Gasteiger partial charge in [0.15, 0.2) is 0 Å². The lowest BCUT2D eigenvalue weighted by Crippen LogP contribution is -2.72. The van der Waals surface area contributed by atoms with Gasteiger partial charge in [-0.05, 0) is 32.0 Å². The number of hydrogen-bond acceptors (Lipinski definition) is 9. The van der Waals surface area contributed by atoms with Crippen LogP contribution in [-0.4, -0.2) is 136 Å². The summed E-state index contributed by atoms with van der Waals surface area (Å²) in [5, 5.41) is 22.9. The molecular formula is C24H29F9N4O9. The molecule has 3 aliphatic rings. The van der Waals surface area contributed by atoms with Crippen molar-refractivity contribution in [2.45, 2.75) is 49.6 Å². The number of hydroxylamine groups is 2. The fourth-order valence-corrected chi connectivity index (χ4v) is 3.98. The predicted octanol–water partition coefficient (Wildman–Crippen LogP) is 2.42. The lowest BCUT2D eigenvalue weighted by Gasteiger charge is -2.55. The first-order valence-electron chi connectivity index (χ1n) is 12.8. The molecule has 0 aliphatic carbocycles. The van der Waals surface area contributed by atoms with Crippen LogP contribution in [0, 0.1) is 0 Å². The predicted molar refractivity (Wildman–Crippen MR) is 133 cm³/mol. The number of aliphatic carboxylic acids is 3. The van der Waals surface area contributed by atoms with E-state index in [9.17, 15) is 44.3 Å². The Morgan fingerprint density at radius 2 is 1.37 bits per heavy atom. The monoisotopic (exact) mass is 688 g/mol. The minimum Gasteiger partial charge on any atom is -0.475 e. The van der Waals surface area contributed by atoms with Gasteiger partial charge in [0.25, 0.3) is 5.91 Å². The molecule has 3 saturated heterocycles. The average molecular weight is 688 g/mol. The van der Waals surface area contributed by atoms with Gasteiger partial charge in [0.1, 0.15) is 11.6 Å². The number of rotatable bonds is 3. The second-order valence-electron chi connectivity index (χ2n) is 9.78. The van der Waals surface area contributed by atoms with Crippen molar-refractivity contribution < 1.29 is 83.6 Å². The van der Waals surface area contributed by atoms with Crippen molar-refractivity contribution in [1.29, 1.82) is 0 Å². The molecule has 1 aromatic heterocycles. The van der Waals surface area contributed by atoms with Gasteiger partial charge in [0.05, 0.1) is 18.9 Å². The summed E-state index contributed by atoms with van der Waals surface area (Å²) >= 11 is 0. The highest BCUT2D eigenvalue weighted by Gasteiger charge is 2.50.